The SMILES string of the molecule is Cl/C(C=Nc1ccc(Cl)c(Cl)c1)=C\Nc1ccc(Cl)c(Cl)c1. The summed E-state index contributed by atoms with van der Waals surface area (Å²) in [5, 5.41) is 5.25. The Morgan fingerprint density at radius 1 is 0.864 bits per heavy atom. The first-order valence-electron chi connectivity index (χ1n) is 6.02. The molecule has 0 amide bonds. The van der Waals surface area contributed by atoms with Gasteiger partial charge in [-0.25, -0.2) is 0 Å². The Morgan fingerprint density at radius 3 is 2.14 bits per heavy atom. The van der Waals surface area contributed by atoms with Gasteiger partial charge >= 0.3 is 0 Å². The highest BCUT2D eigenvalue weighted by Crippen LogP contribution is 2.27. The van der Waals surface area contributed by atoms with Gasteiger partial charge in [-0.1, -0.05) is 58.0 Å². The third kappa shape index (κ3) is 5.08. The first kappa shape index (κ1) is 17.5. The van der Waals surface area contributed by atoms with Crippen molar-refractivity contribution in [1.82, 2.24) is 0 Å². The highest BCUT2D eigenvalue weighted by molar-refractivity contribution is 6.42. The summed E-state index contributed by atoms with van der Waals surface area (Å²) in [6, 6.07) is 10.2. The van der Waals surface area contributed by atoms with E-state index in [1.54, 1.807) is 42.6 Å². The summed E-state index contributed by atoms with van der Waals surface area (Å²) < 4.78 is 0. The quantitative estimate of drug-likeness (QED) is 0.545. The number of halogens is 5. The molecule has 0 aromatic heterocycles. The van der Waals surface area contributed by atoms with E-state index in [-0.39, 0.29) is 0 Å². The molecule has 2 aromatic rings. The molecule has 0 aliphatic heterocycles. The van der Waals surface area contributed by atoms with E-state index in [0.717, 1.165) is 5.69 Å². The Balaban J connectivity index is 2.04. The van der Waals surface area contributed by atoms with Crippen molar-refractivity contribution in [2.45, 2.75) is 0 Å². The second kappa shape index (κ2) is 8.09. The van der Waals surface area contributed by atoms with Crippen LogP contribution in [0.15, 0.2) is 52.6 Å². The predicted octanol–water partition coefficient (Wildman–Crippen LogP) is 7.19. The van der Waals surface area contributed by atoms with Crippen molar-refractivity contribution in [1.29, 1.82) is 0 Å². The maximum Gasteiger partial charge on any atom is 0.0748 e. The van der Waals surface area contributed by atoms with Crippen LogP contribution < -0.4 is 5.32 Å². The van der Waals surface area contributed by atoms with E-state index < -0.39 is 0 Å². The molecule has 0 heterocycles. The fourth-order valence-corrected chi connectivity index (χ4v) is 2.17. The van der Waals surface area contributed by atoms with Crippen LogP contribution in [-0.2, 0) is 0 Å². The molecule has 2 rings (SSSR count). The average Bonchev–Trinajstić information content (AvgIpc) is 2.49. The molecule has 0 aliphatic carbocycles. The Hall–Kier alpha value is -0.900. The Bertz CT molecular complexity index is 741. The number of aliphatic imine (C=N–C) groups is 1. The lowest BCUT2D eigenvalue weighted by molar-refractivity contribution is 1.53. The van der Waals surface area contributed by atoms with Gasteiger partial charge in [0, 0.05) is 18.1 Å². The summed E-state index contributed by atoms with van der Waals surface area (Å²) in [5.41, 5.74) is 1.41. The van der Waals surface area contributed by atoms with Crippen molar-refractivity contribution in [3.8, 4) is 0 Å². The number of allylic oxidation sites excluding steroid dienone is 1. The van der Waals surface area contributed by atoms with Crippen molar-refractivity contribution in [3.05, 3.63) is 67.7 Å². The monoisotopic (exact) mass is 392 g/mol. The van der Waals surface area contributed by atoms with Gasteiger partial charge in [-0.2, -0.15) is 0 Å². The number of anilines is 1. The van der Waals surface area contributed by atoms with Gasteiger partial charge in [0.15, 0.2) is 0 Å². The molecule has 0 aliphatic rings. The van der Waals surface area contributed by atoms with Gasteiger partial charge in [-0.05, 0) is 36.4 Å². The summed E-state index contributed by atoms with van der Waals surface area (Å²) in [4.78, 5) is 4.20. The predicted molar refractivity (Wildman–Crippen MR) is 98.6 cm³/mol. The molecular weight excluding hydrogens is 385 g/mol. The number of nitrogens with zero attached hydrogens (tertiary/aromatic N) is 1. The lowest BCUT2D eigenvalue weighted by atomic mass is 10.3. The molecular formula is C15H9Cl5N2. The van der Waals surface area contributed by atoms with Gasteiger partial charge in [0.1, 0.15) is 0 Å². The standard InChI is InChI=1S/C15H9Cl5N2/c16-9(7-21-10-1-3-12(17)14(19)5-10)8-22-11-2-4-13(18)15(20)6-11/h1-8,21H/b9-7-,22-8?. The minimum atomic E-state index is 0.400. The van der Waals surface area contributed by atoms with Crippen LogP contribution in [0.4, 0.5) is 11.4 Å². The highest BCUT2D eigenvalue weighted by atomic mass is 35.5. The summed E-state index contributed by atoms with van der Waals surface area (Å²) in [6.07, 6.45) is 3.08. The largest absolute Gasteiger partial charge is 0.360 e. The topological polar surface area (TPSA) is 24.4 Å². The van der Waals surface area contributed by atoms with Gasteiger partial charge in [0.2, 0.25) is 0 Å². The molecule has 0 radical (unpaired) electrons. The number of rotatable bonds is 4. The molecule has 0 saturated heterocycles. The maximum atomic E-state index is 6.05. The molecule has 0 bridgehead atoms. The van der Waals surface area contributed by atoms with E-state index in [1.165, 1.54) is 6.21 Å². The normalized spacial score (nSPS) is 12.0. The molecule has 1 N–H and O–H groups in total. The van der Waals surface area contributed by atoms with Gasteiger partial charge in [-0.3, -0.25) is 4.99 Å². The number of hydrogen-bond donors (Lipinski definition) is 1. The zero-order valence-corrected chi connectivity index (χ0v) is 14.7. The van der Waals surface area contributed by atoms with E-state index in [9.17, 15) is 0 Å². The van der Waals surface area contributed by atoms with Crippen molar-refractivity contribution in [3.63, 3.8) is 0 Å². The second-order valence-electron chi connectivity index (χ2n) is 4.16. The lowest BCUT2D eigenvalue weighted by Crippen LogP contribution is -1.89. The summed E-state index contributed by atoms with van der Waals surface area (Å²) >= 11 is 29.6. The van der Waals surface area contributed by atoms with Crippen LogP contribution in [0.3, 0.4) is 0 Å². The lowest BCUT2D eigenvalue weighted by Gasteiger charge is -2.02. The van der Waals surface area contributed by atoms with Crippen LogP contribution >= 0.6 is 58.0 Å². The van der Waals surface area contributed by atoms with Crippen molar-refractivity contribution < 1.29 is 0 Å². The van der Waals surface area contributed by atoms with Crippen LogP contribution in [0, 0.1) is 0 Å². The molecule has 7 heteroatoms. The van der Waals surface area contributed by atoms with Gasteiger partial charge in [0.05, 0.1) is 30.8 Å². The van der Waals surface area contributed by atoms with Crippen LogP contribution in [0.1, 0.15) is 0 Å². The minimum Gasteiger partial charge on any atom is -0.360 e. The van der Waals surface area contributed by atoms with Crippen LogP contribution in [0.2, 0.25) is 20.1 Å². The number of nitrogens with one attached hydrogen (secondary N) is 1. The zero-order chi connectivity index (χ0) is 16.1. The van der Waals surface area contributed by atoms with Gasteiger partial charge in [0.25, 0.3) is 0 Å². The molecule has 0 saturated carbocycles. The Kier molecular flexibility index (Phi) is 6.42. The van der Waals surface area contributed by atoms with Gasteiger partial charge in [-0.15, -0.1) is 0 Å². The smallest absolute Gasteiger partial charge is 0.0748 e. The minimum absolute atomic E-state index is 0.400. The van der Waals surface area contributed by atoms with Crippen molar-refractivity contribution >= 4 is 75.6 Å². The Morgan fingerprint density at radius 2 is 1.50 bits per heavy atom. The average molecular weight is 395 g/mol. The van der Waals surface area contributed by atoms with Crippen LogP contribution in [0.5, 0.6) is 0 Å². The number of hydrogen-bond acceptors (Lipinski definition) is 2. The van der Waals surface area contributed by atoms with E-state index in [0.29, 0.717) is 30.8 Å². The maximum absolute atomic E-state index is 6.05. The molecule has 2 aromatic carbocycles. The molecule has 114 valence electrons. The van der Waals surface area contributed by atoms with Crippen LogP contribution in [-0.4, -0.2) is 6.21 Å². The first-order chi connectivity index (χ1) is 10.5. The summed E-state index contributed by atoms with van der Waals surface area (Å²) in [7, 11) is 0. The third-order valence-electron chi connectivity index (χ3n) is 2.54. The molecule has 0 atom stereocenters. The highest BCUT2D eigenvalue weighted by Gasteiger charge is 1.99. The van der Waals surface area contributed by atoms with E-state index in [2.05, 4.69) is 10.3 Å². The first-order valence-corrected chi connectivity index (χ1v) is 7.91. The summed E-state index contributed by atoms with van der Waals surface area (Å²) in [6.45, 7) is 0. The van der Waals surface area contributed by atoms with Crippen molar-refractivity contribution in [2.75, 3.05) is 5.32 Å². The Labute approximate surface area is 153 Å². The molecule has 0 fully saturated rings. The molecule has 0 spiro atoms. The van der Waals surface area contributed by atoms with E-state index in [4.69, 9.17) is 58.0 Å². The fraction of sp³-hybridized carbons (Fsp3) is 0. The molecule has 2 nitrogen and oxygen atoms in total. The second-order valence-corrected chi connectivity index (χ2v) is 6.22. The molecule has 0 unspecified atom stereocenters. The van der Waals surface area contributed by atoms with Crippen LogP contribution in [0.25, 0.3) is 0 Å². The van der Waals surface area contributed by atoms with E-state index in [1.807, 2.05) is 0 Å². The fourth-order valence-electron chi connectivity index (χ4n) is 1.48. The zero-order valence-electron chi connectivity index (χ0n) is 11.0. The number of benzene rings is 2. The molecule has 22 heavy (non-hydrogen) atoms. The van der Waals surface area contributed by atoms with Crippen molar-refractivity contribution in [2.24, 2.45) is 4.99 Å². The third-order valence-corrected chi connectivity index (χ3v) is 4.22. The summed E-state index contributed by atoms with van der Waals surface area (Å²) in [5.74, 6) is 0. The van der Waals surface area contributed by atoms with Gasteiger partial charge < -0.3 is 5.32 Å². The van der Waals surface area contributed by atoms with E-state index >= 15 is 0 Å².